The van der Waals surface area contributed by atoms with Crippen LogP contribution in [0.15, 0.2) is 30.6 Å². The summed E-state index contributed by atoms with van der Waals surface area (Å²) >= 11 is 0. The molecule has 2 aromatic rings. The molecule has 2 rings (SSSR count). The van der Waals surface area contributed by atoms with Gasteiger partial charge < -0.3 is 14.6 Å². The highest BCUT2D eigenvalue weighted by atomic mass is 16.5. The predicted molar refractivity (Wildman–Crippen MR) is 95.1 cm³/mol. The van der Waals surface area contributed by atoms with E-state index in [4.69, 9.17) is 9.47 Å². The molecule has 1 aromatic heterocycles. The molecule has 0 saturated heterocycles. The highest BCUT2D eigenvalue weighted by Gasteiger charge is 2.30. The van der Waals surface area contributed by atoms with Gasteiger partial charge in [0.2, 0.25) is 0 Å². The molecule has 0 saturated carbocycles. The van der Waals surface area contributed by atoms with Crippen LogP contribution in [0.2, 0.25) is 0 Å². The van der Waals surface area contributed by atoms with Crippen LogP contribution in [0.3, 0.4) is 0 Å². The zero-order valence-electron chi connectivity index (χ0n) is 15.2. The van der Waals surface area contributed by atoms with Crippen LogP contribution in [0.5, 0.6) is 11.5 Å². The summed E-state index contributed by atoms with van der Waals surface area (Å²) in [4.78, 5) is 17.9. The molecule has 6 nitrogen and oxygen atoms in total. The van der Waals surface area contributed by atoms with E-state index < -0.39 is 12.0 Å². The smallest absolute Gasteiger partial charge is 0.325 e. The average molecular weight is 344 g/mol. The van der Waals surface area contributed by atoms with Gasteiger partial charge in [-0.3, -0.25) is 14.7 Å². The number of carboxylic acids is 1. The number of rotatable bonds is 7. The lowest BCUT2D eigenvalue weighted by Gasteiger charge is -2.27. The Hall–Kier alpha value is -2.60. The molecule has 1 N–H and O–H groups in total. The van der Waals surface area contributed by atoms with Crippen molar-refractivity contribution in [1.29, 1.82) is 0 Å². The monoisotopic (exact) mass is 344 g/mol. The van der Waals surface area contributed by atoms with E-state index in [1.807, 2.05) is 32.0 Å². The topological polar surface area (TPSA) is 71.9 Å². The van der Waals surface area contributed by atoms with Crippen molar-refractivity contribution < 1.29 is 19.4 Å². The molecule has 134 valence electrons. The van der Waals surface area contributed by atoms with E-state index in [2.05, 4.69) is 4.98 Å². The second-order valence-electron chi connectivity index (χ2n) is 6.05. The van der Waals surface area contributed by atoms with Gasteiger partial charge in [0.1, 0.15) is 6.04 Å². The SMILES string of the molecule is COc1cc(C)cc([C@H](C(=O)O)N(C)Cc2ccncc2C)c1OC. The van der Waals surface area contributed by atoms with Crippen molar-refractivity contribution in [2.75, 3.05) is 21.3 Å². The summed E-state index contributed by atoms with van der Waals surface area (Å²) in [6, 6.07) is 4.69. The third-order valence-electron chi connectivity index (χ3n) is 4.18. The second-order valence-corrected chi connectivity index (χ2v) is 6.05. The first-order chi connectivity index (χ1) is 11.9. The number of hydrogen-bond acceptors (Lipinski definition) is 5. The van der Waals surface area contributed by atoms with E-state index in [-0.39, 0.29) is 0 Å². The van der Waals surface area contributed by atoms with Crippen molar-refractivity contribution in [3.63, 3.8) is 0 Å². The molecule has 0 amide bonds. The van der Waals surface area contributed by atoms with Crippen molar-refractivity contribution in [2.45, 2.75) is 26.4 Å². The Balaban J connectivity index is 2.46. The molecule has 0 unspecified atom stereocenters. The molecule has 1 aromatic carbocycles. The molecule has 6 heteroatoms. The normalized spacial score (nSPS) is 12.1. The third-order valence-corrected chi connectivity index (χ3v) is 4.18. The van der Waals surface area contributed by atoms with Crippen LogP contribution in [0.1, 0.15) is 28.3 Å². The van der Waals surface area contributed by atoms with Crippen LogP contribution in [0, 0.1) is 13.8 Å². The maximum Gasteiger partial charge on any atom is 0.325 e. The minimum absolute atomic E-state index is 0.443. The molecule has 0 spiro atoms. The lowest BCUT2D eigenvalue weighted by atomic mass is 10.00. The lowest BCUT2D eigenvalue weighted by molar-refractivity contribution is -0.143. The Labute approximate surface area is 148 Å². The highest BCUT2D eigenvalue weighted by molar-refractivity contribution is 5.77. The minimum atomic E-state index is -0.944. The van der Waals surface area contributed by atoms with Gasteiger partial charge in [0.25, 0.3) is 0 Å². The molecule has 0 aliphatic carbocycles. The van der Waals surface area contributed by atoms with E-state index in [9.17, 15) is 9.90 Å². The number of ether oxygens (including phenoxy) is 2. The molecule has 1 atom stereocenters. The van der Waals surface area contributed by atoms with E-state index in [1.54, 1.807) is 31.5 Å². The van der Waals surface area contributed by atoms with Crippen LogP contribution < -0.4 is 9.47 Å². The summed E-state index contributed by atoms with van der Waals surface area (Å²) in [6.45, 7) is 4.34. The van der Waals surface area contributed by atoms with Crippen molar-refractivity contribution in [3.05, 3.63) is 52.8 Å². The zero-order chi connectivity index (χ0) is 18.6. The number of benzene rings is 1. The fourth-order valence-corrected chi connectivity index (χ4v) is 2.94. The Morgan fingerprint density at radius 1 is 1.28 bits per heavy atom. The number of aliphatic carboxylic acids is 1. The van der Waals surface area contributed by atoms with Crippen LogP contribution >= 0.6 is 0 Å². The minimum Gasteiger partial charge on any atom is -0.493 e. The maximum absolute atomic E-state index is 12.0. The van der Waals surface area contributed by atoms with Gasteiger partial charge in [-0.1, -0.05) is 0 Å². The molecular weight excluding hydrogens is 320 g/mol. The zero-order valence-corrected chi connectivity index (χ0v) is 15.2. The molecule has 0 radical (unpaired) electrons. The van der Waals surface area contributed by atoms with Gasteiger partial charge >= 0.3 is 5.97 Å². The van der Waals surface area contributed by atoms with Gasteiger partial charge in [-0.15, -0.1) is 0 Å². The molecule has 0 bridgehead atoms. The van der Waals surface area contributed by atoms with Gasteiger partial charge in [-0.25, -0.2) is 0 Å². The Morgan fingerprint density at radius 3 is 2.56 bits per heavy atom. The number of aryl methyl sites for hydroxylation is 2. The Bertz CT molecular complexity index is 761. The van der Waals surface area contributed by atoms with Crippen LogP contribution in [0.25, 0.3) is 0 Å². The fraction of sp³-hybridized carbons (Fsp3) is 0.368. The summed E-state index contributed by atoms with van der Waals surface area (Å²) in [5, 5.41) is 9.87. The highest BCUT2D eigenvalue weighted by Crippen LogP contribution is 2.38. The van der Waals surface area contributed by atoms with Crippen LogP contribution in [-0.2, 0) is 11.3 Å². The fourth-order valence-electron chi connectivity index (χ4n) is 2.94. The Morgan fingerprint density at radius 2 is 2.00 bits per heavy atom. The molecule has 1 heterocycles. The lowest BCUT2D eigenvalue weighted by Crippen LogP contribution is -2.31. The number of pyridine rings is 1. The quantitative estimate of drug-likeness (QED) is 0.832. The molecule has 25 heavy (non-hydrogen) atoms. The molecule has 0 fully saturated rings. The van der Waals surface area contributed by atoms with Crippen molar-refractivity contribution in [2.24, 2.45) is 0 Å². The first-order valence-electron chi connectivity index (χ1n) is 7.94. The van der Waals surface area contributed by atoms with Gasteiger partial charge in [-0.05, 0) is 55.8 Å². The summed E-state index contributed by atoms with van der Waals surface area (Å²) in [7, 11) is 4.84. The first kappa shape index (κ1) is 18.7. The van der Waals surface area contributed by atoms with Crippen LogP contribution in [-0.4, -0.2) is 42.2 Å². The van der Waals surface area contributed by atoms with E-state index in [0.717, 1.165) is 16.7 Å². The maximum atomic E-state index is 12.0. The molecular formula is C19H24N2O4. The van der Waals surface area contributed by atoms with Gasteiger partial charge in [0, 0.05) is 24.5 Å². The van der Waals surface area contributed by atoms with Crippen molar-refractivity contribution >= 4 is 5.97 Å². The number of methoxy groups -OCH3 is 2. The summed E-state index contributed by atoms with van der Waals surface area (Å²) < 4.78 is 10.8. The first-order valence-corrected chi connectivity index (χ1v) is 7.94. The number of likely N-dealkylation sites (N-methyl/N-ethyl adjacent to an activating group) is 1. The predicted octanol–water partition coefficient (Wildman–Crippen LogP) is 2.97. The summed E-state index contributed by atoms with van der Waals surface area (Å²) in [6.07, 6.45) is 3.48. The second kappa shape index (κ2) is 7.98. The van der Waals surface area contributed by atoms with Gasteiger partial charge in [0.15, 0.2) is 11.5 Å². The third kappa shape index (κ3) is 4.09. The molecule has 0 aliphatic rings. The van der Waals surface area contributed by atoms with Gasteiger partial charge in [-0.2, -0.15) is 0 Å². The Kier molecular flexibility index (Phi) is 5.98. The summed E-state index contributed by atoms with van der Waals surface area (Å²) in [5.74, 6) is 0.0243. The van der Waals surface area contributed by atoms with Crippen LogP contribution in [0.4, 0.5) is 0 Å². The van der Waals surface area contributed by atoms with E-state index in [1.165, 1.54) is 7.11 Å². The standard InChI is InChI=1S/C19H24N2O4/c1-12-8-15(18(25-5)16(9-12)24-4)17(19(22)23)21(3)11-14-6-7-20-10-13(14)2/h6-10,17H,11H2,1-5H3,(H,22,23)/t17-/m1/s1. The largest absolute Gasteiger partial charge is 0.493 e. The van der Waals surface area contributed by atoms with Gasteiger partial charge in [0.05, 0.1) is 14.2 Å². The number of carbonyl (C=O) groups is 1. The van der Waals surface area contributed by atoms with E-state index in [0.29, 0.717) is 23.6 Å². The van der Waals surface area contributed by atoms with Crippen molar-refractivity contribution in [1.82, 2.24) is 9.88 Å². The number of hydrogen-bond donors (Lipinski definition) is 1. The number of aromatic nitrogens is 1. The number of nitrogens with zero attached hydrogens (tertiary/aromatic N) is 2. The summed E-state index contributed by atoms with van der Waals surface area (Å²) in [5.41, 5.74) is 3.53. The molecule has 0 aliphatic heterocycles. The van der Waals surface area contributed by atoms with E-state index >= 15 is 0 Å². The van der Waals surface area contributed by atoms with Crippen molar-refractivity contribution in [3.8, 4) is 11.5 Å². The average Bonchev–Trinajstić information content (AvgIpc) is 2.56. The number of carboxylic acid groups (broad SMARTS) is 1.